The lowest BCUT2D eigenvalue weighted by molar-refractivity contribution is -0.192. The number of hydrogen-bond acceptors (Lipinski definition) is 11. The van der Waals surface area contributed by atoms with Gasteiger partial charge in [0.25, 0.3) is 5.91 Å². The Labute approximate surface area is 331 Å². The Hall–Kier alpha value is -4.83. The number of carboxylic acid groups (broad SMARTS) is 1. The Morgan fingerprint density at radius 1 is 0.946 bits per heavy atom. The number of halogens is 4. The second-order valence-corrected chi connectivity index (χ2v) is 14.7. The van der Waals surface area contributed by atoms with Gasteiger partial charge in [-0.05, 0) is 85.0 Å². The molecule has 6 rings (SSSR count). The normalized spacial score (nSPS) is 17.6. The van der Waals surface area contributed by atoms with E-state index in [9.17, 15) is 28.0 Å². The van der Waals surface area contributed by atoms with Gasteiger partial charge in [0.2, 0.25) is 5.82 Å². The molecule has 0 bridgehead atoms. The number of anilines is 1. The Morgan fingerprint density at radius 3 is 2.16 bits per heavy atom. The zero-order valence-electron chi connectivity index (χ0n) is 31.0. The van der Waals surface area contributed by atoms with Crippen LogP contribution in [0.2, 0.25) is 0 Å². The van der Waals surface area contributed by atoms with Crippen molar-refractivity contribution in [2.45, 2.75) is 57.1 Å². The molecule has 3 fully saturated rings. The van der Waals surface area contributed by atoms with E-state index in [0.29, 0.717) is 47.8 Å². The number of piperazine rings is 1. The molecule has 1 aromatic heterocycles. The number of ether oxygens (including phenoxy) is 1. The summed E-state index contributed by atoms with van der Waals surface area (Å²) in [4.78, 5) is 53.1. The van der Waals surface area contributed by atoms with Crippen molar-refractivity contribution in [3.63, 3.8) is 0 Å². The average molecular weight is 845 g/mol. The summed E-state index contributed by atoms with van der Waals surface area (Å²) in [5.74, 6) is -2.65. The standard InChI is InChI=1S/C36H44BrN9O3.C2HF3O2/c1-42-19-21-44(22-20-42)30-11-15-43(16-12-30)25-27-7-9-29(10-8-27)35(47)41-46(34-32(37)24-39-33(23-38)40-34)31-13-17-45(18-14-31)36(48)49-26-28-5-3-2-4-6-28;3-2(4,5)1(6)7/h2-10,24,30-31H,11-22,25-26H2,1H3,(H,41,47);(H,6,7). The van der Waals surface area contributed by atoms with Gasteiger partial charge >= 0.3 is 18.2 Å². The van der Waals surface area contributed by atoms with Gasteiger partial charge < -0.3 is 19.6 Å². The number of amides is 2. The third kappa shape index (κ3) is 12.1. The molecule has 0 aliphatic carbocycles. The first-order chi connectivity index (χ1) is 26.8. The number of aliphatic carboxylic acids is 1. The van der Waals surface area contributed by atoms with E-state index in [2.05, 4.69) is 53.1 Å². The third-order valence-corrected chi connectivity index (χ3v) is 10.6. The lowest BCUT2D eigenvalue weighted by atomic mass is 10.0. The molecule has 3 saturated heterocycles. The van der Waals surface area contributed by atoms with E-state index in [1.807, 2.05) is 60.7 Å². The molecule has 2 amide bonds. The number of hydrogen-bond donors (Lipinski definition) is 2. The first-order valence-electron chi connectivity index (χ1n) is 18.3. The Kier molecular flexibility index (Phi) is 15.0. The highest BCUT2D eigenvalue weighted by Gasteiger charge is 2.38. The number of carbonyl (C=O) groups is 3. The quantitative estimate of drug-likeness (QED) is 0.281. The van der Waals surface area contributed by atoms with E-state index in [1.165, 1.54) is 37.7 Å². The van der Waals surface area contributed by atoms with Crippen molar-refractivity contribution < 1.29 is 37.4 Å². The van der Waals surface area contributed by atoms with Crippen LogP contribution in [0.25, 0.3) is 0 Å². The van der Waals surface area contributed by atoms with E-state index >= 15 is 0 Å². The van der Waals surface area contributed by atoms with Gasteiger partial charge in [0.05, 0.1) is 10.5 Å². The number of rotatable bonds is 9. The molecule has 3 aliphatic rings. The minimum atomic E-state index is -5.08. The van der Waals surface area contributed by atoms with Gasteiger partial charge in [-0.15, -0.1) is 0 Å². The fourth-order valence-electron chi connectivity index (χ4n) is 6.84. The molecule has 2 N–H and O–H groups in total. The van der Waals surface area contributed by atoms with Crippen molar-refractivity contribution in [3.05, 3.63) is 87.8 Å². The number of hydrazine groups is 1. The summed E-state index contributed by atoms with van der Waals surface area (Å²) in [6.07, 6.45) is -0.432. The lowest BCUT2D eigenvalue weighted by Gasteiger charge is -2.42. The van der Waals surface area contributed by atoms with Crippen molar-refractivity contribution in [1.29, 1.82) is 5.26 Å². The molecule has 0 atom stereocenters. The van der Waals surface area contributed by atoms with Crippen molar-refractivity contribution >= 4 is 39.7 Å². The molecule has 3 aliphatic heterocycles. The maximum Gasteiger partial charge on any atom is 0.490 e. The molecule has 3 aromatic rings. The Bertz CT molecular complexity index is 1810. The van der Waals surface area contributed by atoms with Crippen molar-refractivity contribution in [1.82, 2.24) is 35.0 Å². The summed E-state index contributed by atoms with van der Waals surface area (Å²) in [6.45, 7) is 8.76. The highest BCUT2D eigenvalue weighted by molar-refractivity contribution is 9.10. The van der Waals surface area contributed by atoms with Crippen LogP contribution < -0.4 is 10.4 Å². The van der Waals surface area contributed by atoms with Gasteiger partial charge in [0, 0.05) is 63.6 Å². The number of nitrogens with one attached hydrogen (secondary N) is 1. The minimum Gasteiger partial charge on any atom is -0.475 e. The van der Waals surface area contributed by atoms with Gasteiger partial charge in [-0.25, -0.2) is 14.6 Å². The summed E-state index contributed by atoms with van der Waals surface area (Å²) < 4.78 is 37.8. The first-order valence-corrected chi connectivity index (χ1v) is 19.1. The van der Waals surface area contributed by atoms with Crippen LogP contribution in [0.15, 0.2) is 65.3 Å². The van der Waals surface area contributed by atoms with Gasteiger partial charge in [-0.2, -0.15) is 23.4 Å². The summed E-state index contributed by atoms with van der Waals surface area (Å²) >= 11 is 3.51. The summed E-state index contributed by atoms with van der Waals surface area (Å²) in [5, 5.41) is 18.3. The lowest BCUT2D eigenvalue weighted by Crippen LogP contribution is -2.54. The second kappa shape index (κ2) is 19.9. The maximum absolute atomic E-state index is 13.7. The molecule has 2 aromatic carbocycles. The topological polar surface area (TPSA) is 158 Å². The predicted molar refractivity (Wildman–Crippen MR) is 203 cm³/mol. The Morgan fingerprint density at radius 2 is 1.57 bits per heavy atom. The molecule has 300 valence electrons. The fourth-order valence-corrected chi connectivity index (χ4v) is 7.22. The van der Waals surface area contributed by atoms with Crippen LogP contribution >= 0.6 is 15.9 Å². The van der Waals surface area contributed by atoms with E-state index in [-0.39, 0.29) is 30.5 Å². The molecule has 14 nitrogen and oxygen atoms in total. The Balaban J connectivity index is 0.000000784. The van der Waals surface area contributed by atoms with Crippen LogP contribution in [0, 0.1) is 11.3 Å². The molecule has 0 spiro atoms. The highest BCUT2D eigenvalue weighted by atomic mass is 79.9. The van der Waals surface area contributed by atoms with E-state index < -0.39 is 12.1 Å². The monoisotopic (exact) mass is 843 g/mol. The zero-order chi connectivity index (χ0) is 40.2. The summed E-state index contributed by atoms with van der Waals surface area (Å²) in [5.41, 5.74) is 5.68. The molecule has 0 radical (unpaired) electrons. The number of piperidine rings is 2. The van der Waals surface area contributed by atoms with E-state index in [4.69, 9.17) is 14.6 Å². The van der Waals surface area contributed by atoms with Gasteiger partial charge in [0.15, 0.2) is 5.82 Å². The molecule has 56 heavy (non-hydrogen) atoms. The third-order valence-electron chi connectivity index (χ3n) is 10.0. The van der Waals surface area contributed by atoms with Crippen molar-refractivity contribution in [3.8, 4) is 6.07 Å². The smallest absolute Gasteiger partial charge is 0.475 e. The van der Waals surface area contributed by atoms with Gasteiger partial charge in [-0.3, -0.25) is 25.0 Å². The van der Waals surface area contributed by atoms with Gasteiger partial charge in [-0.1, -0.05) is 42.5 Å². The first kappa shape index (κ1) is 42.3. The van der Waals surface area contributed by atoms with Gasteiger partial charge in [0.1, 0.15) is 12.7 Å². The predicted octanol–water partition coefficient (Wildman–Crippen LogP) is 4.91. The van der Waals surface area contributed by atoms with Crippen LogP contribution in [-0.2, 0) is 22.7 Å². The largest absolute Gasteiger partial charge is 0.490 e. The number of alkyl halides is 3. The van der Waals surface area contributed by atoms with Crippen LogP contribution in [0.3, 0.4) is 0 Å². The van der Waals surface area contributed by atoms with Crippen molar-refractivity contribution in [2.24, 2.45) is 0 Å². The second-order valence-electron chi connectivity index (χ2n) is 13.9. The summed E-state index contributed by atoms with van der Waals surface area (Å²) in [7, 11) is 2.20. The van der Waals surface area contributed by atoms with Crippen molar-refractivity contribution in [2.75, 3.05) is 64.4 Å². The van der Waals surface area contributed by atoms with E-state index in [0.717, 1.165) is 38.3 Å². The number of likely N-dealkylation sites (N-methyl/N-ethyl adjacent to an activating group) is 1. The summed E-state index contributed by atoms with van der Waals surface area (Å²) in [6, 6.07) is 19.8. The average Bonchev–Trinajstić information content (AvgIpc) is 3.20. The molecule has 0 saturated carbocycles. The van der Waals surface area contributed by atoms with Crippen LogP contribution in [0.4, 0.5) is 23.8 Å². The minimum absolute atomic E-state index is 0.00343. The molecule has 4 heterocycles. The SMILES string of the molecule is CN1CCN(C2CCN(Cc3ccc(C(=O)NN(c4nc(C#N)ncc4Br)C4CCN(C(=O)OCc5ccccc5)CC4)cc3)CC2)CC1.O=C(O)C(F)(F)F. The highest BCUT2D eigenvalue weighted by Crippen LogP contribution is 2.28. The zero-order valence-corrected chi connectivity index (χ0v) is 32.6. The number of carboxylic acids is 1. The fraction of sp³-hybridized carbons (Fsp3) is 0.474. The number of aromatic nitrogens is 2. The molecular formula is C38H45BrF3N9O5. The molecular weight excluding hydrogens is 799 g/mol. The molecule has 18 heteroatoms. The molecule has 0 unspecified atom stereocenters. The van der Waals surface area contributed by atoms with E-state index in [1.54, 1.807) is 9.91 Å². The number of benzene rings is 2. The number of nitrogens with zero attached hydrogens (tertiary/aromatic N) is 8. The number of nitriles is 1. The maximum atomic E-state index is 13.7. The number of carbonyl (C=O) groups excluding carboxylic acids is 2. The number of likely N-dealkylation sites (tertiary alicyclic amines) is 2. The van der Waals surface area contributed by atoms with Crippen LogP contribution in [0.5, 0.6) is 0 Å². The van der Waals surface area contributed by atoms with Crippen LogP contribution in [-0.4, -0.2) is 130 Å². The van der Waals surface area contributed by atoms with Crippen LogP contribution in [0.1, 0.15) is 53.0 Å².